The van der Waals surface area contributed by atoms with Crippen molar-refractivity contribution < 1.29 is 9.84 Å². The zero-order chi connectivity index (χ0) is 19.2. The lowest BCUT2D eigenvalue weighted by Crippen LogP contribution is -2.24. The molecule has 2 aromatic carbocycles. The van der Waals surface area contributed by atoms with Crippen LogP contribution in [-0.4, -0.2) is 45.7 Å². The highest BCUT2D eigenvalue weighted by Gasteiger charge is 2.11. The standard InChI is InChI=1S/C18H23NO2.2C2H6.B/c1-14(12-19(2)3)13-21-17-11-7-10-16(18(17)20)15-8-5-4-6-9-15;2*1-2;/h4-11,14,20H,12-13H2,1-3H3;2*1-2H3;/t14-;;;/m1.../s1. The number of ether oxygens (including phenoxy) is 1. The molecule has 26 heavy (non-hydrogen) atoms. The summed E-state index contributed by atoms with van der Waals surface area (Å²) in [5.41, 5.74) is 1.79. The molecule has 0 aliphatic carbocycles. The topological polar surface area (TPSA) is 32.7 Å². The molecule has 0 fully saturated rings. The van der Waals surface area contributed by atoms with Crippen molar-refractivity contribution in [3.8, 4) is 22.6 Å². The van der Waals surface area contributed by atoms with Gasteiger partial charge in [-0.25, -0.2) is 0 Å². The molecule has 143 valence electrons. The Morgan fingerprint density at radius 2 is 1.50 bits per heavy atom. The van der Waals surface area contributed by atoms with Crippen LogP contribution in [0, 0.1) is 5.92 Å². The smallest absolute Gasteiger partial charge is 0.165 e. The van der Waals surface area contributed by atoms with Gasteiger partial charge in [0.2, 0.25) is 0 Å². The van der Waals surface area contributed by atoms with E-state index in [-0.39, 0.29) is 14.2 Å². The van der Waals surface area contributed by atoms with Crippen molar-refractivity contribution in [3.05, 3.63) is 48.5 Å². The minimum atomic E-state index is 0. The average Bonchev–Trinajstić information content (AvgIpc) is 2.64. The van der Waals surface area contributed by atoms with Crippen LogP contribution in [0.1, 0.15) is 34.6 Å². The zero-order valence-corrected chi connectivity index (χ0v) is 17.5. The summed E-state index contributed by atoms with van der Waals surface area (Å²) >= 11 is 0. The summed E-state index contributed by atoms with van der Waals surface area (Å²) in [7, 11) is 4.09. The van der Waals surface area contributed by atoms with Gasteiger partial charge in [0.15, 0.2) is 11.5 Å². The van der Waals surface area contributed by atoms with Gasteiger partial charge >= 0.3 is 0 Å². The molecule has 0 aromatic heterocycles. The number of phenols is 1. The van der Waals surface area contributed by atoms with Crippen LogP contribution in [0.3, 0.4) is 0 Å². The second-order valence-corrected chi connectivity index (χ2v) is 5.70. The van der Waals surface area contributed by atoms with Crippen LogP contribution in [-0.2, 0) is 0 Å². The molecule has 1 atom stereocenters. The fourth-order valence-corrected chi connectivity index (χ4v) is 2.40. The van der Waals surface area contributed by atoms with Gasteiger partial charge < -0.3 is 14.7 Å². The van der Waals surface area contributed by atoms with E-state index in [9.17, 15) is 5.11 Å². The van der Waals surface area contributed by atoms with E-state index in [0.29, 0.717) is 18.3 Å². The van der Waals surface area contributed by atoms with E-state index < -0.39 is 0 Å². The molecule has 4 heteroatoms. The van der Waals surface area contributed by atoms with E-state index in [4.69, 9.17) is 4.74 Å². The molecule has 0 saturated heterocycles. The molecule has 0 saturated carbocycles. The molecule has 0 unspecified atom stereocenters. The normalized spacial score (nSPS) is 10.5. The molecule has 3 radical (unpaired) electrons. The number of rotatable bonds is 6. The fourth-order valence-electron chi connectivity index (χ4n) is 2.40. The second-order valence-electron chi connectivity index (χ2n) is 5.70. The average molecular weight is 356 g/mol. The number of nitrogens with zero attached hydrogens (tertiary/aromatic N) is 1. The van der Waals surface area contributed by atoms with Gasteiger partial charge in [-0.15, -0.1) is 0 Å². The second kappa shape index (κ2) is 15.3. The Kier molecular flexibility index (Phi) is 15.5. The van der Waals surface area contributed by atoms with Crippen molar-refractivity contribution in [2.45, 2.75) is 34.6 Å². The van der Waals surface area contributed by atoms with Gasteiger partial charge in [-0.2, -0.15) is 0 Å². The molecule has 0 aliphatic rings. The summed E-state index contributed by atoms with van der Waals surface area (Å²) in [6.07, 6.45) is 0. The van der Waals surface area contributed by atoms with Crippen LogP contribution in [0.15, 0.2) is 48.5 Å². The van der Waals surface area contributed by atoms with Crippen molar-refractivity contribution >= 4 is 8.41 Å². The first-order valence-electron chi connectivity index (χ1n) is 9.23. The Balaban J connectivity index is 0. The predicted molar refractivity (Wildman–Crippen MR) is 115 cm³/mol. The highest BCUT2D eigenvalue weighted by atomic mass is 16.5. The molecule has 1 N–H and O–H groups in total. The summed E-state index contributed by atoms with van der Waals surface area (Å²) < 4.78 is 5.78. The molecule has 0 aliphatic heterocycles. The van der Waals surface area contributed by atoms with E-state index in [0.717, 1.165) is 17.7 Å². The first-order valence-corrected chi connectivity index (χ1v) is 9.23. The summed E-state index contributed by atoms with van der Waals surface area (Å²) in [6, 6.07) is 15.5. The molecular formula is C22H35BNO2. The van der Waals surface area contributed by atoms with Crippen molar-refractivity contribution in [1.82, 2.24) is 4.90 Å². The maximum Gasteiger partial charge on any atom is 0.165 e. The maximum atomic E-state index is 10.4. The summed E-state index contributed by atoms with van der Waals surface area (Å²) in [5.74, 6) is 1.16. The lowest BCUT2D eigenvalue weighted by Gasteiger charge is -2.18. The highest BCUT2D eigenvalue weighted by Crippen LogP contribution is 2.36. The van der Waals surface area contributed by atoms with Crippen LogP contribution >= 0.6 is 0 Å². The Bertz CT molecular complexity index is 574. The van der Waals surface area contributed by atoms with Crippen LogP contribution in [0.2, 0.25) is 0 Å². The molecule has 2 aromatic rings. The van der Waals surface area contributed by atoms with Gasteiger partial charge in [0.05, 0.1) is 6.61 Å². The number of hydrogen-bond acceptors (Lipinski definition) is 3. The Hall–Kier alpha value is -1.94. The Morgan fingerprint density at radius 1 is 0.923 bits per heavy atom. The number of hydrogen-bond donors (Lipinski definition) is 1. The molecule has 0 heterocycles. The number of benzene rings is 2. The minimum Gasteiger partial charge on any atom is -0.504 e. The molecule has 3 nitrogen and oxygen atoms in total. The van der Waals surface area contributed by atoms with E-state index in [2.05, 4.69) is 11.8 Å². The fraction of sp³-hybridized carbons (Fsp3) is 0.455. The molecule has 2 rings (SSSR count). The van der Waals surface area contributed by atoms with Crippen LogP contribution in [0.4, 0.5) is 0 Å². The van der Waals surface area contributed by atoms with Crippen molar-refractivity contribution in [2.24, 2.45) is 5.92 Å². The van der Waals surface area contributed by atoms with Gasteiger partial charge in [-0.05, 0) is 25.7 Å². The lowest BCUT2D eigenvalue weighted by atomic mass is 10.0. The van der Waals surface area contributed by atoms with E-state index in [1.54, 1.807) is 0 Å². The highest BCUT2D eigenvalue weighted by molar-refractivity contribution is 5.75. The van der Waals surface area contributed by atoms with Crippen molar-refractivity contribution in [1.29, 1.82) is 0 Å². The third-order valence-electron chi connectivity index (χ3n) is 3.28. The van der Waals surface area contributed by atoms with Crippen molar-refractivity contribution in [3.63, 3.8) is 0 Å². The largest absolute Gasteiger partial charge is 0.504 e. The molecule has 0 amide bonds. The van der Waals surface area contributed by atoms with E-state index in [1.165, 1.54) is 0 Å². The number of para-hydroxylation sites is 1. The monoisotopic (exact) mass is 356 g/mol. The van der Waals surface area contributed by atoms with E-state index in [1.807, 2.05) is 90.3 Å². The number of phenolic OH excluding ortho intramolecular Hbond substituents is 1. The quantitative estimate of drug-likeness (QED) is 0.712. The zero-order valence-electron chi connectivity index (χ0n) is 17.5. The predicted octanol–water partition coefficient (Wildman–Crippen LogP) is 5.31. The number of aromatic hydroxyl groups is 1. The lowest BCUT2D eigenvalue weighted by molar-refractivity contribution is 0.216. The first kappa shape index (κ1) is 26.3. The SMILES string of the molecule is CC.CC.C[C@@H](COc1cccc(-c2ccccc2)c1O)CN(C)C.[B]. The van der Waals surface area contributed by atoms with Gasteiger partial charge in [0, 0.05) is 26.4 Å². The first-order chi connectivity index (χ1) is 12.1. The third-order valence-corrected chi connectivity index (χ3v) is 3.28. The summed E-state index contributed by atoms with van der Waals surface area (Å²) in [4.78, 5) is 2.13. The van der Waals surface area contributed by atoms with Crippen molar-refractivity contribution in [2.75, 3.05) is 27.2 Å². The van der Waals surface area contributed by atoms with Gasteiger partial charge in [0.1, 0.15) is 0 Å². The third kappa shape index (κ3) is 8.96. The van der Waals surface area contributed by atoms with Crippen LogP contribution in [0.25, 0.3) is 11.1 Å². The maximum absolute atomic E-state index is 10.4. The van der Waals surface area contributed by atoms with Gasteiger partial charge in [0.25, 0.3) is 0 Å². The van der Waals surface area contributed by atoms with Crippen LogP contribution in [0.5, 0.6) is 11.5 Å². The Labute approximate surface area is 162 Å². The Morgan fingerprint density at radius 3 is 2.04 bits per heavy atom. The van der Waals surface area contributed by atoms with E-state index >= 15 is 0 Å². The minimum absolute atomic E-state index is 0. The van der Waals surface area contributed by atoms with Gasteiger partial charge in [-0.1, -0.05) is 77.1 Å². The molecule has 0 bridgehead atoms. The van der Waals surface area contributed by atoms with Gasteiger partial charge in [-0.3, -0.25) is 0 Å². The molecule has 0 spiro atoms. The van der Waals surface area contributed by atoms with Crippen LogP contribution < -0.4 is 4.74 Å². The summed E-state index contributed by atoms with van der Waals surface area (Å²) in [6.45, 7) is 11.7. The summed E-state index contributed by atoms with van der Waals surface area (Å²) in [5, 5.41) is 10.4. The molecular weight excluding hydrogens is 321 g/mol.